The topological polar surface area (TPSA) is 38.4 Å². The van der Waals surface area contributed by atoms with Crippen molar-refractivity contribution in [2.24, 2.45) is 10.7 Å². The second kappa shape index (κ2) is 10.5. The van der Waals surface area contributed by atoms with Crippen LogP contribution in [0.1, 0.15) is 13.8 Å². The van der Waals surface area contributed by atoms with Crippen LogP contribution in [0.25, 0.3) is 0 Å². The molecule has 0 spiro atoms. The smallest absolute Gasteiger partial charge is 0.158 e. The summed E-state index contributed by atoms with van der Waals surface area (Å²) in [5, 5.41) is 0.551. The molecule has 0 aliphatic rings. The van der Waals surface area contributed by atoms with E-state index in [4.69, 9.17) is 5.73 Å². The maximum absolute atomic E-state index is 5.23. The summed E-state index contributed by atoms with van der Waals surface area (Å²) >= 11 is 1.41. The van der Waals surface area contributed by atoms with Gasteiger partial charge >= 0.3 is 0 Å². The van der Waals surface area contributed by atoms with Gasteiger partial charge in [-0.3, -0.25) is 0 Å². The molecule has 0 unspecified atom stereocenters. The summed E-state index contributed by atoms with van der Waals surface area (Å²) in [6, 6.07) is 0. The van der Waals surface area contributed by atoms with Crippen LogP contribution >= 0.6 is 11.8 Å². The summed E-state index contributed by atoms with van der Waals surface area (Å²) in [6.45, 7) is 7.37. The molecule has 0 saturated carbocycles. The summed E-state index contributed by atoms with van der Waals surface area (Å²) in [4.78, 5) is 3.66. The lowest BCUT2D eigenvalue weighted by molar-refractivity contribution is 1.50. The van der Waals surface area contributed by atoms with E-state index in [0.717, 1.165) is 0 Å². The summed E-state index contributed by atoms with van der Waals surface area (Å²) in [7, 11) is 0. The zero-order valence-electron chi connectivity index (χ0n) is 6.22. The predicted octanol–water partition coefficient (Wildman–Crippen LogP) is 1.83. The largest absolute Gasteiger partial charge is 0.378 e. The number of hydrogen-bond donors (Lipinski definition) is 1. The molecule has 0 rings (SSSR count). The summed E-state index contributed by atoms with van der Waals surface area (Å²) in [6.07, 6.45) is 3.29. The van der Waals surface area contributed by atoms with Crippen LogP contribution in [0.4, 0.5) is 0 Å². The third-order valence-electron chi connectivity index (χ3n) is 0.428. The molecule has 2 nitrogen and oxygen atoms in total. The number of aliphatic imine (C=N–C) groups is 1. The third-order valence-corrected chi connectivity index (χ3v) is 0.951. The minimum absolute atomic E-state index is 0.551. The molecule has 0 atom stereocenters. The van der Waals surface area contributed by atoms with Gasteiger partial charge in [0.05, 0.1) is 0 Å². The first-order chi connectivity index (χ1) is 4.31. The summed E-state index contributed by atoms with van der Waals surface area (Å²) in [5.41, 5.74) is 5.23. The first-order valence-electron chi connectivity index (χ1n) is 2.79. The molecule has 2 N–H and O–H groups in total. The highest BCUT2D eigenvalue weighted by Gasteiger charge is 1.77. The lowest BCUT2D eigenvalue weighted by Gasteiger charge is -1.85. The number of hydrogen-bond acceptors (Lipinski definition) is 2. The van der Waals surface area contributed by atoms with Crippen molar-refractivity contribution in [3.8, 4) is 0 Å². The van der Waals surface area contributed by atoms with Crippen LogP contribution in [0.2, 0.25) is 0 Å². The molecule has 54 valence electrons. The Labute approximate surface area is 61.2 Å². The van der Waals surface area contributed by atoms with Gasteiger partial charge in [-0.15, -0.1) is 0 Å². The highest BCUT2D eigenvalue weighted by atomic mass is 32.2. The van der Waals surface area contributed by atoms with Crippen LogP contribution in [0.3, 0.4) is 0 Å². The van der Waals surface area contributed by atoms with Gasteiger partial charge in [0.15, 0.2) is 5.17 Å². The van der Waals surface area contributed by atoms with E-state index in [1.165, 1.54) is 18.0 Å². The van der Waals surface area contributed by atoms with Gasteiger partial charge in [-0.25, -0.2) is 4.99 Å². The fourth-order valence-electron chi connectivity index (χ4n) is 0.143. The van der Waals surface area contributed by atoms with E-state index in [1.54, 1.807) is 0 Å². The van der Waals surface area contributed by atoms with E-state index in [0.29, 0.717) is 5.17 Å². The van der Waals surface area contributed by atoms with Crippen LogP contribution in [0.5, 0.6) is 0 Å². The lowest BCUT2D eigenvalue weighted by Crippen LogP contribution is -2.03. The van der Waals surface area contributed by atoms with E-state index in [2.05, 4.69) is 11.6 Å². The Kier molecular flexibility index (Phi) is 13.3. The maximum Gasteiger partial charge on any atom is 0.158 e. The van der Waals surface area contributed by atoms with Crippen molar-refractivity contribution in [1.82, 2.24) is 0 Å². The average Bonchev–Trinajstić information content (AvgIpc) is 1.93. The van der Waals surface area contributed by atoms with Crippen molar-refractivity contribution in [2.75, 3.05) is 6.26 Å². The average molecular weight is 146 g/mol. The molecule has 0 aliphatic heterocycles. The van der Waals surface area contributed by atoms with Crippen molar-refractivity contribution in [1.29, 1.82) is 0 Å². The van der Waals surface area contributed by atoms with Crippen LogP contribution in [-0.4, -0.2) is 11.4 Å². The zero-order valence-corrected chi connectivity index (χ0v) is 7.03. The van der Waals surface area contributed by atoms with Gasteiger partial charge < -0.3 is 5.73 Å². The number of thioether (sulfide) groups is 1. The quantitative estimate of drug-likeness (QED) is 0.453. The Balaban J connectivity index is 0. The van der Waals surface area contributed by atoms with Crippen molar-refractivity contribution >= 4 is 16.9 Å². The number of amidine groups is 1. The minimum Gasteiger partial charge on any atom is -0.378 e. The fraction of sp³-hybridized carbons (Fsp3) is 0.500. The maximum atomic E-state index is 5.23. The van der Waals surface area contributed by atoms with Crippen LogP contribution in [0.15, 0.2) is 17.8 Å². The molecule has 0 radical (unpaired) electrons. The molecule has 0 saturated heterocycles. The van der Waals surface area contributed by atoms with Crippen LogP contribution in [-0.2, 0) is 0 Å². The Morgan fingerprint density at radius 2 is 2.11 bits per heavy atom. The van der Waals surface area contributed by atoms with E-state index in [9.17, 15) is 0 Å². The van der Waals surface area contributed by atoms with E-state index >= 15 is 0 Å². The molecule has 0 aromatic heterocycles. The number of nitrogens with zero attached hydrogens (tertiary/aromatic N) is 1. The number of nitrogens with two attached hydrogens (primary N) is 1. The molecule has 0 aliphatic carbocycles. The first kappa shape index (κ1) is 11.4. The Morgan fingerprint density at radius 1 is 1.67 bits per heavy atom. The molecule has 0 fully saturated rings. The molecular formula is C6H14N2S. The second-order valence-electron chi connectivity index (χ2n) is 0.854. The predicted molar refractivity (Wildman–Crippen MR) is 46.7 cm³/mol. The van der Waals surface area contributed by atoms with E-state index < -0.39 is 0 Å². The Hall–Kier alpha value is -0.440. The molecule has 0 aromatic rings. The van der Waals surface area contributed by atoms with Gasteiger partial charge in [-0.05, 0) is 6.26 Å². The summed E-state index contributed by atoms with van der Waals surface area (Å²) < 4.78 is 0. The van der Waals surface area contributed by atoms with Gasteiger partial charge in [-0.2, -0.15) is 0 Å². The van der Waals surface area contributed by atoms with Crippen LogP contribution < -0.4 is 5.73 Å². The SMILES string of the molecule is C=CN=C(N)SC.CC. The third kappa shape index (κ3) is 11.2. The molecule has 9 heavy (non-hydrogen) atoms. The van der Waals surface area contributed by atoms with Gasteiger partial charge in [0.2, 0.25) is 0 Å². The van der Waals surface area contributed by atoms with Gasteiger partial charge in [0.25, 0.3) is 0 Å². The van der Waals surface area contributed by atoms with Crippen molar-refractivity contribution in [3.05, 3.63) is 12.8 Å². The number of rotatable bonds is 1. The standard InChI is InChI=1S/C4H8N2S.C2H6/c1-3-6-4(5)7-2;1-2/h3H,1H2,2H3,(H2,5,6);1-2H3. The van der Waals surface area contributed by atoms with Gasteiger partial charge in [0, 0.05) is 6.20 Å². The second-order valence-corrected chi connectivity index (χ2v) is 1.68. The zero-order chi connectivity index (χ0) is 7.70. The normalized spacial score (nSPS) is 9.44. The lowest BCUT2D eigenvalue weighted by atomic mass is 11.0. The van der Waals surface area contributed by atoms with Gasteiger partial charge in [0.1, 0.15) is 0 Å². The highest BCUT2D eigenvalue weighted by molar-refractivity contribution is 8.13. The molecule has 0 heterocycles. The van der Waals surface area contributed by atoms with Crippen molar-refractivity contribution < 1.29 is 0 Å². The van der Waals surface area contributed by atoms with E-state index in [1.807, 2.05) is 20.1 Å². The first-order valence-corrected chi connectivity index (χ1v) is 4.02. The Morgan fingerprint density at radius 3 is 2.22 bits per heavy atom. The summed E-state index contributed by atoms with van der Waals surface area (Å²) in [5.74, 6) is 0. The molecule has 3 heteroatoms. The van der Waals surface area contributed by atoms with Gasteiger partial charge in [-0.1, -0.05) is 32.2 Å². The minimum atomic E-state index is 0.551. The molecule has 0 bridgehead atoms. The van der Waals surface area contributed by atoms with Crippen molar-refractivity contribution in [2.45, 2.75) is 13.8 Å². The Bertz CT molecular complexity index is 89.1. The molecule has 0 aromatic carbocycles. The van der Waals surface area contributed by atoms with Crippen LogP contribution in [0, 0.1) is 0 Å². The highest BCUT2D eigenvalue weighted by Crippen LogP contribution is 1.89. The fourth-order valence-corrected chi connectivity index (χ4v) is 0.323. The monoisotopic (exact) mass is 146 g/mol. The van der Waals surface area contributed by atoms with E-state index in [-0.39, 0.29) is 0 Å². The molecular weight excluding hydrogens is 132 g/mol. The molecule has 0 amide bonds. The van der Waals surface area contributed by atoms with Crippen molar-refractivity contribution in [3.63, 3.8) is 0 Å².